The highest BCUT2D eigenvalue weighted by Crippen LogP contribution is 2.26. The molecule has 0 saturated carbocycles. The van der Waals surface area contributed by atoms with Crippen molar-refractivity contribution in [2.45, 2.75) is 32.0 Å². The summed E-state index contributed by atoms with van der Waals surface area (Å²) in [5.74, 6) is 0.419. The summed E-state index contributed by atoms with van der Waals surface area (Å²) in [7, 11) is 1.59. The first kappa shape index (κ1) is 24.5. The molecule has 1 aliphatic heterocycles. The van der Waals surface area contributed by atoms with Crippen LogP contribution in [0.3, 0.4) is 0 Å². The van der Waals surface area contributed by atoms with E-state index < -0.39 is 0 Å². The standard InChI is InChI=1S/C27H31N3O5/c1-35-22-16-20(3-2-14-31)23-5-7-27(34)30(24(23)17-22)13-12-29-10-8-21(9-11-29)28-18-19-4-6-25(32)26(33)15-19/h2-7,14-17,21,28,32-33H,8-13,18H2,1H3/b3-2+. The monoisotopic (exact) mass is 477 g/mol. The van der Waals surface area contributed by atoms with Crippen LogP contribution in [0.2, 0.25) is 0 Å². The fourth-order valence-corrected chi connectivity index (χ4v) is 4.57. The van der Waals surface area contributed by atoms with Gasteiger partial charge in [-0.1, -0.05) is 12.1 Å². The molecule has 1 aromatic heterocycles. The lowest BCUT2D eigenvalue weighted by atomic mass is 10.0. The number of carbonyl (C=O) groups is 1. The number of fused-ring (bicyclic) bond motifs is 1. The van der Waals surface area contributed by atoms with E-state index in [0.29, 0.717) is 24.9 Å². The Hall–Kier alpha value is -3.62. The average Bonchev–Trinajstić information content (AvgIpc) is 2.87. The van der Waals surface area contributed by atoms with Crippen LogP contribution in [0.25, 0.3) is 17.0 Å². The Labute approximate surface area is 204 Å². The first-order valence-electron chi connectivity index (χ1n) is 11.8. The van der Waals surface area contributed by atoms with Gasteiger partial charge in [0.2, 0.25) is 0 Å². The summed E-state index contributed by atoms with van der Waals surface area (Å²) >= 11 is 0. The summed E-state index contributed by atoms with van der Waals surface area (Å²) < 4.78 is 7.21. The van der Waals surface area contributed by atoms with Crippen molar-refractivity contribution in [2.24, 2.45) is 0 Å². The van der Waals surface area contributed by atoms with Crippen LogP contribution in [0.5, 0.6) is 17.2 Å². The lowest BCUT2D eigenvalue weighted by Crippen LogP contribution is -2.43. The van der Waals surface area contributed by atoms with Crippen molar-refractivity contribution >= 4 is 23.3 Å². The predicted octanol–water partition coefficient (Wildman–Crippen LogP) is 2.89. The number of benzene rings is 2. The summed E-state index contributed by atoms with van der Waals surface area (Å²) in [6.07, 6.45) is 5.87. The second-order valence-corrected chi connectivity index (χ2v) is 8.79. The number of aromatic nitrogens is 1. The first-order chi connectivity index (χ1) is 17.0. The molecule has 184 valence electrons. The quantitative estimate of drug-likeness (QED) is 0.247. The number of likely N-dealkylation sites (tertiary alicyclic amines) is 1. The lowest BCUT2D eigenvalue weighted by molar-refractivity contribution is -0.104. The Morgan fingerprint density at radius 3 is 2.57 bits per heavy atom. The number of nitrogens with one attached hydrogen (secondary N) is 1. The number of phenolic OH excluding ortho intramolecular Hbond substituents is 2. The molecule has 0 amide bonds. The number of piperidine rings is 1. The van der Waals surface area contributed by atoms with E-state index in [1.54, 1.807) is 42.0 Å². The van der Waals surface area contributed by atoms with Crippen molar-refractivity contribution in [2.75, 3.05) is 26.7 Å². The molecule has 8 heteroatoms. The van der Waals surface area contributed by atoms with Crippen LogP contribution in [0.15, 0.2) is 53.3 Å². The number of allylic oxidation sites excluding steroid dienone is 1. The van der Waals surface area contributed by atoms with Crippen molar-refractivity contribution in [1.29, 1.82) is 0 Å². The zero-order valence-electron chi connectivity index (χ0n) is 19.8. The summed E-state index contributed by atoms with van der Waals surface area (Å²) in [6.45, 7) is 3.80. The van der Waals surface area contributed by atoms with Gasteiger partial charge in [-0.15, -0.1) is 0 Å². The molecule has 0 unspecified atom stereocenters. The Kier molecular flexibility index (Phi) is 7.84. The average molecular weight is 478 g/mol. The minimum absolute atomic E-state index is 0.0650. The molecule has 1 saturated heterocycles. The predicted molar refractivity (Wildman–Crippen MR) is 136 cm³/mol. The van der Waals surface area contributed by atoms with Crippen LogP contribution in [0, 0.1) is 0 Å². The van der Waals surface area contributed by atoms with Crippen LogP contribution in [-0.4, -0.2) is 58.8 Å². The zero-order chi connectivity index (χ0) is 24.8. The molecule has 3 N–H and O–H groups in total. The van der Waals surface area contributed by atoms with Crippen LogP contribution in [0.1, 0.15) is 24.0 Å². The van der Waals surface area contributed by atoms with E-state index in [4.69, 9.17) is 4.74 Å². The smallest absolute Gasteiger partial charge is 0.251 e. The molecule has 8 nitrogen and oxygen atoms in total. The van der Waals surface area contributed by atoms with Crippen molar-refractivity contribution in [3.63, 3.8) is 0 Å². The minimum atomic E-state index is -0.112. The summed E-state index contributed by atoms with van der Waals surface area (Å²) in [5, 5.41) is 23.5. The van der Waals surface area contributed by atoms with E-state index in [0.717, 1.165) is 60.8 Å². The SMILES string of the molecule is COc1cc(/C=C/C=O)c2ccc(=O)n(CCN3CCC(NCc4ccc(O)c(O)c4)CC3)c2c1. The number of carbonyl (C=O) groups excluding carboxylic acids is 1. The number of phenols is 2. The fraction of sp³-hybridized carbons (Fsp3) is 0.333. The van der Waals surface area contributed by atoms with E-state index in [2.05, 4.69) is 10.2 Å². The van der Waals surface area contributed by atoms with Crippen molar-refractivity contribution in [3.05, 3.63) is 70.0 Å². The van der Waals surface area contributed by atoms with E-state index in [9.17, 15) is 19.8 Å². The van der Waals surface area contributed by atoms with Gasteiger partial charge in [0.25, 0.3) is 5.56 Å². The number of aldehydes is 1. The fourth-order valence-electron chi connectivity index (χ4n) is 4.57. The molecular formula is C27H31N3O5. The molecule has 1 aliphatic rings. The number of methoxy groups -OCH3 is 1. The molecule has 0 radical (unpaired) electrons. The maximum atomic E-state index is 12.7. The molecule has 0 bridgehead atoms. The summed E-state index contributed by atoms with van der Waals surface area (Å²) in [5.41, 5.74) is 2.48. The van der Waals surface area contributed by atoms with E-state index in [1.807, 2.05) is 12.1 Å². The Balaban J connectivity index is 1.38. The highest BCUT2D eigenvalue weighted by Gasteiger charge is 2.19. The van der Waals surface area contributed by atoms with Crippen LogP contribution < -0.4 is 15.6 Å². The second kappa shape index (κ2) is 11.2. The molecule has 2 heterocycles. The van der Waals surface area contributed by atoms with Crippen LogP contribution in [0.4, 0.5) is 0 Å². The molecule has 0 spiro atoms. The Morgan fingerprint density at radius 2 is 1.86 bits per heavy atom. The van der Waals surface area contributed by atoms with Gasteiger partial charge in [0.1, 0.15) is 12.0 Å². The van der Waals surface area contributed by atoms with Gasteiger partial charge in [0.15, 0.2) is 11.5 Å². The Bertz CT molecular complexity index is 1280. The summed E-state index contributed by atoms with van der Waals surface area (Å²) in [4.78, 5) is 25.9. The van der Waals surface area contributed by atoms with Gasteiger partial charge < -0.3 is 29.7 Å². The molecule has 3 aromatic rings. The van der Waals surface area contributed by atoms with Gasteiger partial charge in [-0.25, -0.2) is 0 Å². The molecule has 2 aromatic carbocycles. The number of aromatic hydroxyl groups is 2. The third-order valence-corrected chi connectivity index (χ3v) is 6.57. The second-order valence-electron chi connectivity index (χ2n) is 8.79. The van der Waals surface area contributed by atoms with E-state index in [1.165, 1.54) is 12.1 Å². The van der Waals surface area contributed by atoms with Crippen molar-refractivity contribution in [1.82, 2.24) is 14.8 Å². The highest BCUT2D eigenvalue weighted by molar-refractivity contribution is 5.91. The molecule has 0 aliphatic carbocycles. The largest absolute Gasteiger partial charge is 0.504 e. The topological polar surface area (TPSA) is 104 Å². The minimum Gasteiger partial charge on any atom is -0.504 e. The molecule has 1 fully saturated rings. The maximum Gasteiger partial charge on any atom is 0.251 e. The van der Waals surface area contributed by atoms with Gasteiger partial charge in [0.05, 0.1) is 12.6 Å². The number of rotatable bonds is 9. The first-order valence-corrected chi connectivity index (χ1v) is 11.8. The number of ether oxygens (including phenoxy) is 1. The third-order valence-electron chi connectivity index (χ3n) is 6.57. The van der Waals surface area contributed by atoms with Crippen LogP contribution >= 0.6 is 0 Å². The van der Waals surface area contributed by atoms with Crippen molar-refractivity contribution in [3.8, 4) is 17.2 Å². The van der Waals surface area contributed by atoms with E-state index >= 15 is 0 Å². The number of pyridine rings is 1. The number of nitrogens with zero attached hydrogens (tertiary/aromatic N) is 2. The van der Waals surface area contributed by atoms with Gasteiger partial charge in [-0.2, -0.15) is 0 Å². The van der Waals surface area contributed by atoms with Crippen molar-refractivity contribution < 1.29 is 19.7 Å². The van der Waals surface area contributed by atoms with Gasteiger partial charge in [-0.3, -0.25) is 9.59 Å². The normalized spacial score (nSPS) is 15.1. The van der Waals surface area contributed by atoms with Gasteiger partial charge >= 0.3 is 0 Å². The van der Waals surface area contributed by atoms with E-state index in [-0.39, 0.29) is 17.1 Å². The lowest BCUT2D eigenvalue weighted by Gasteiger charge is -2.32. The number of hydrogen-bond acceptors (Lipinski definition) is 7. The molecule has 35 heavy (non-hydrogen) atoms. The molecule has 4 rings (SSSR count). The number of hydrogen-bond donors (Lipinski definition) is 3. The molecule has 0 atom stereocenters. The Morgan fingerprint density at radius 1 is 1.06 bits per heavy atom. The molecular weight excluding hydrogens is 446 g/mol. The maximum absolute atomic E-state index is 12.7. The summed E-state index contributed by atoms with van der Waals surface area (Å²) in [6, 6.07) is 12.3. The third kappa shape index (κ3) is 5.90. The van der Waals surface area contributed by atoms with Crippen LogP contribution in [-0.2, 0) is 17.9 Å². The van der Waals surface area contributed by atoms with Gasteiger partial charge in [-0.05, 0) is 67.4 Å². The van der Waals surface area contributed by atoms with Gasteiger partial charge in [0, 0.05) is 43.2 Å². The zero-order valence-corrected chi connectivity index (χ0v) is 19.8. The highest BCUT2D eigenvalue weighted by atomic mass is 16.5.